The van der Waals surface area contributed by atoms with Gasteiger partial charge in [0.1, 0.15) is 0 Å². The summed E-state index contributed by atoms with van der Waals surface area (Å²) < 4.78 is 6.17. The third kappa shape index (κ3) is 3.13. The van der Waals surface area contributed by atoms with E-state index in [1.807, 2.05) is 55.4 Å². The molecular weight excluding hydrogens is 364 g/mol. The molecular formula is C16H13BrN2O2S. The number of hydrogen-bond donors (Lipinski definition) is 0. The van der Waals surface area contributed by atoms with Gasteiger partial charge in [0, 0.05) is 29.0 Å². The molecule has 1 aromatic heterocycles. The summed E-state index contributed by atoms with van der Waals surface area (Å²) in [5.41, 5.74) is 1.09. The van der Waals surface area contributed by atoms with E-state index in [0.717, 1.165) is 19.9 Å². The van der Waals surface area contributed by atoms with Crippen LogP contribution in [-0.2, 0) is 9.53 Å². The average Bonchev–Trinajstić information content (AvgIpc) is 3.07. The second-order valence-electron chi connectivity index (χ2n) is 4.92. The normalized spacial score (nSPS) is 15.9. The van der Waals surface area contributed by atoms with Crippen LogP contribution < -0.4 is 4.90 Å². The van der Waals surface area contributed by atoms with Crippen molar-refractivity contribution in [2.45, 2.75) is 0 Å². The number of thiophene rings is 1. The molecule has 3 rings (SSSR count). The summed E-state index contributed by atoms with van der Waals surface area (Å²) in [6.45, 7) is 0. The van der Waals surface area contributed by atoms with Crippen LogP contribution >= 0.6 is 27.3 Å². The Morgan fingerprint density at radius 3 is 2.77 bits per heavy atom. The SMILES string of the molecule is CN(C)c1ccc(C=C2N=C(c3cccc(Br)c3)OC2=O)s1. The average molecular weight is 377 g/mol. The van der Waals surface area contributed by atoms with Crippen molar-refractivity contribution in [3.05, 3.63) is 57.0 Å². The number of benzene rings is 1. The first-order valence-corrected chi connectivity index (χ1v) is 8.19. The predicted octanol–water partition coefficient (Wildman–Crippen LogP) is 3.92. The Morgan fingerprint density at radius 2 is 2.09 bits per heavy atom. The van der Waals surface area contributed by atoms with E-state index in [4.69, 9.17) is 4.74 Å². The minimum absolute atomic E-state index is 0.321. The fourth-order valence-electron chi connectivity index (χ4n) is 1.95. The maximum absolute atomic E-state index is 12.0. The van der Waals surface area contributed by atoms with Gasteiger partial charge in [-0.05, 0) is 36.4 Å². The highest BCUT2D eigenvalue weighted by Crippen LogP contribution is 2.28. The van der Waals surface area contributed by atoms with Crippen molar-refractivity contribution < 1.29 is 9.53 Å². The lowest BCUT2D eigenvalue weighted by atomic mass is 10.2. The number of nitrogens with zero attached hydrogens (tertiary/aromatic N) is 2. The number of rotatable bonds is 3. The molecule has 0 fully saturated rings. The zero-order valence-corrected chi connectivity index (χ0v) is 14.4. The highest BCUT2D eigenvalue weighted by atomic mass is 79.9. The summed E-state index contributed by atoms with van der Waals surface area (Å²) in [6, 6.07) is 11.5. The molecule has 6 heteroatoms. The minimum Gasteiger partial charge on any atom is -0.402 e. The maximum atomic E-state index is 12.0. The topological polar surface area (TPSA) is 41.9 Å². The molecule has 0 saturated carbocycles. The van der Waals surface area contributed by atoms with Crippen molar-refractivity contribution in [2.24, 2.45) is 4.99 Å². The Balaban J connectivity index is 1.90. The standard InChI is InChI=1S/C16H13BrN2O2S/c1-19(2)14-7-6-12(22-14)9-13-16(20)21-15(18-13)10-4-3-5-11(17)8-10/h3-9H,1-2H3. The molecule has 1 aliphatic rings. The molecule has 0 spiro atoms. The molecule has 22 heavy (non-hydrogen) atoms. The van der Waals surface area contributed by atoms with Gasteiger partial charge in [-0.2, -0.15) is 0 Å². The zero-order chi connectivity index (χ0) is 15.7. The van der Waals surface area contributed by atoms with E-state index < -0.39 is 5.97 Å². The van der Waals surface area contributed by atoms with Crippen LogP contribution in [0.2, 0.25) is 0 Å². The van der Waals surface area contributed by atoms with Gasteiger partial charge in [0.2, 0.25) is 5.90 Å². The number of esters is 1. The Hall–Kier alpha value is -1.92. The molecule has 0 saturated heterocycles. The van der Waals surface area contributed by atoms with Crippen molar-refractivity contribution >= 4 is 50.2 Å². The number of halogens is 1. The fourth-order valence-corrected chi connectivity index (χ4v) is 3.22. The van der Waals surface area contributed by atoms with Crippen molar-refractivity contribution in [3.63, 3.8) is 0 Å². The molecule has 1 aromatic carbocycles. The summed E-state index contributed by atoms with van der Waals surface area (Å²) in [5.74, 6) is -0.0864. The van der Waals surface area contributed by atoms with Gasteiger partial charge >= 0.3 is 5.97 Å². The second-order valence-corrected chi connectivity index (χ2v) is 6.93. The number of aliphatic imine (C=N–C) groups is 1. The highest BCUT2D eigenvalue weighted by molar-refractivity contribution is 9.10. The lowest BCUT2D eigenvalue weighted by Crippen LogP contribution is -2.05. The van der Waals surface area contributed by atoms with E-state index in [-0.39, 0.29) is 0 Å². The van der Waals surface area contributed by atoms with Crippen molar-refractivity contribution in [3.8, 4) is 0 Å². The van der Waals surface area contributed by atoms with Gasteiger partial charge in [0.15, 0.2) is 5.70 Å². The van der Waals surface area contributed by atoms with Crippen molar-refractivity contribution in [2.75, 3.05) is 19.0 Å². The monoisotopic (exact) mass is 376 g/mol. The van der Waals surface area contributed by atoms with Gasteiger partial charge in [-0.3, -0.25) is 0 Å². The van der Waals surface area contributed by atoms with Crippen LogP contribution in [0.3, 0.4) is 0 Å². The van der Waals surface area contributed by atoms with Gasteiger partial charge in [0.25, 0.3) is 0 Å². The van der Waals surface area contributed by atoms with Crippen LogP contribution in [0.4, 0.5) is 5.00 Å². The van der Waals surface area contributed by atoms with Gasteiger partial charge in [0.05, 0.1) is 5.00 Å². The van der Waals surface area contributed by atoms with Crippen LogP contribution in [0.15, 0.2) is 51.6 Å². The van der Waals surface area contributed by atoms with E-state index >= 15 is 0 Å². The van der Waals surface area contributed by atoms with Crippen LogP contribution in [0.25, 0.3) is 6.08 Å². The molecule has 0 unspecified atom stereocenters. The van der Waals surface area contributed by atoms with Gasteiger partial charge in [-0.1, -0.05) is 22.0 Å². The molecule has 0 N–H and O–H groups in total. The molecule has 2 aromatic rings. The molecule has 0 amide bonds. The van der Waals surface area contributed by atoms with Crippen molar-refractivity contribution in [1.29, 1.82) is 0 Å². The summed E-state index contributed by atoms with van der Waals surface area (Å²) in [7, 11) is 3.96. The van der Waals surface area contributed by atoms with E-state index in [0.29, 0.717) is 11.6 Å². The first-order valence-electron chi connectivity index (χ1n) is 6.58. The van der Waals surface area contributed by atoms with E-state index in [1.54, 1.807) is 17.4 Å². The maximum Gasteiger partial charge on any atom is 0.363 e. The molecule has 1 aliphatic heterocycles. The highest BCUT2D eigenvalue weighted by Gasteiger charge is 2.24. The van der Waals surface area contributed by atoms with Crippen LogP contribution in [0, 0.1) is 0 Å². The quantitative estimate of drug-likeness (QED) is 0.602. The molecule has 0 bridgehead atoms. The lowest BCUT2D eigenvalue weighted by Gasteiger charge is -2.06. The first kappa shape index (κ1) is 15.0. The summed E-state index contributed by atoms with van der Waals surface area (Å²) >= 11 is 4.99. The van der Waals surface area contributed by atoms with Gasteiger partial charge in [-0.25, -0.2) is 9.79 Å². The van der Waals surface area contributed by atoms with Crippen molar-refractivity contribution in [1.82, 2.24) is 0 Å². The predicted molar refractivity (Wildman–Crippen MR) is 93.4 cm³/mol. The molecule has 0 aliphatic carbocycles. The third-order valence-electron chi connectivity index (χ3n) is 3.02. The molecule has 4 nitrogen and oxygen atoms in total. The van der Waals surface area contributed by atoms with Crippen LogP contribution in [0.5, 0.6) is 0 Å². The number of hydrogen-bond acceptors (Lipinski definition) is 5. The van der Waals surface area contributed by atoms with Gasteiger partial charge in [-0.15, -0.1) is 11.3 Å². The molecule has 0 atom stereocenters. The Morgan fingerprint density at radius 1 is 1.27 bits per heavy atom. The summed E-state index contributed by atoms with van der Waals surface area (Å²) in [6.07, 6.45) is 1.75. The molecule has 112 valence electrons. The number of carbonyl (C=O) groups excluding carboxylic acids is 1. The number of cyclic esters (lactones) is 1. The van der Waals surface area contributed by atoms with Crippen LogP contribution in [0.1, 0.15) is 10.4 Å². The second kappa shape index (κ2) is 6.06. The molecule has 2 heterocycles. The van der Waals surface area contributed by atoms with E-state index in [9.17, 15) is 4.79 Å². The lowest BCUT2D eigenvalue weighted by molar-refractivity contribution is -0.129. The number of anilines is 1. The first-order chi connectivity index (χ1) is 10.5. The Bertz CT molecular complexity index is 793. The summed E-state index contributed by atoms with van der Waals surface area (Å²) in [4.78, 5) is 19.3. The number of carbonyl (C=O) groups is 1. The zero-order valence-electron chi connectivity index (χ0n) is 12.0. The van der Waals surface area contributed by atoms with Gasteiger partial charge < -0.3 is 9.64 Å². The van der Waals surface area contributed by atoms with Crippen LogP contribution in [-0.4, -0.2) is 26.0 Å². The fraction of sp³-hybridized carbons (Fsp3) is 0.125. The largest absolute Gasteiger partial charge is 0.402 e. The van der Waals surface area contributed by atoms with E-state index in [2.05, 4.69) is 20.9 Å². The molecule has 0 radical (unpaired) electrons. The summed E-state index contributed by atoms with van der Waals surface area (Å²) in [5, 5.41) is 1.12. The minimum atomic E-state index is -0.422. The Labute approximate surface area is 140 Å². The number of ether oxygens (including phenoxy) is 1. The van der Waals surface area contributed by atoms with E-state index in [1.165, 1.54) is 0 Å². The Kier molecular flexibility index (Phi) is 4.13. The smallest absolute Gasteiger partial charge is 0.363 e. The third-order valence-corrected chi connectivity index (χ3v) is 4.72.